The molecule has 0 aromatic carbocycles. The normalized spacial score (nSPS) is 15.8. The molecule has 0 aliphatic heterocycles. The maximum absolute atomic E-state index is 11.8. The Labute approximate surface area is 110 Å². The minimum atomic E-state index is -0.410. The molecule has 0 fully saturated rings. The van der Waals surface area contributed by atoms with Crippen LogP contribution in [0.25, 0.3) is 0 Å². The molecule has 0 aliphatic rings. The molecule has 3 atom stereocenters. The SMILES string of the molecule is CCC(=O)N(C)[C@@H](C(C)CC)C(CC(N)=O)OC. The molecular weight excluding hydrogens is 232 g/mol. The summed E-state index contributed by atoms with van der Waals surface area (Å²) in [7, 11) is 3.31. The van der Waals surface area contributed by atoms with Gasteiger partial charge < -0.3 is 15.4 Å². The van der Waals surface area contributed by atoms with Gasteiger partial charge in [0, 0.05) is 20.6 Å². The largest absolute Gasteiger partial charge is 0.379 e. The summed E-state index contributed by atoms with van der Waals surface area (Å²) in [5.41, 5.74) is 5.23. The second-order valence-corrected chi connectivity index (χ2v) is 4.68. The van der Waals surface area contributed by atoms with Crippen LogP contribution in [0.15, 0.2) is 0 Å². The third-order valence-corrected chi connectivity index (χ3v) is 3.46. The molecule has 0 rings (SSSR count). The second kappa shape index (κ2) is 8.08. The number of nitrogens with two attached hydrogens (primary N) is 1. The first-order valence-corrected chi connectivity index (χ1v) is 6.45. The van der Waals surface area contributed by atoms with Crippen LogP contribution in [0.3, 0.4) is 0 Å². The van der Waals surface area contributed by atoms with Crippen molar-refractivity contribution in [1.29, 1.82) is 0 Å². The van der Waals surface area contributed by atoms with E-state index in [0.717, 1.165) is 6.42 Å². The van der Waals surface area contributed by atoms with Crippen LogP contribution in [-0.2, 0) is 14.3 Å². The first kappa shape index (κ1) is 16.9. The molecule has 0 saturated carbocycles. The van der Waals surface area contributed by atoms with E-state index in [4.69, 9.17) is 10.5 Å². The van der Waals surface area contributed by atoms with Crippen molar-refractivity contribution >= 4 is 11.8 Å². The van der Waals surface area contributed by atoms with Gasteiger partial charge in [-0.25, -0.2) is 0 Å². The first-order valence-electron chi connectivity index (χ1n) is 6.45. The minimum absolute atomic E-state index is 0.0480. The van der Waals surface area contributed by atoms with Crippen LogP contribution in [0.5, 0.6) is 0 Å². The lowest BCUT2D eigenvalue weighted by Gasteiger charge is -2.37. The summed E-state index contributed by atoms with van der Waals surface area (Å²) in [6.45, 7) is 5.93. The summed E-state index contributed by atoms with van der Waals surface area (Å²) in [4.78, 5) is 24.6. The highest BCUT2D eigenvalue weighted by atomic mass is 16.5. The number of methoxy groups -OCH3 is 1. The molecule has 0 radical (unpaired) electrons. The van der Waals surface area contributed by atoms with Crippen LogP contribution in [-0.4, -0.2) is 43.0 Å². The van der Waals surface area contributed by atoms with Crippen LogP contribution in [0.1, 0.15) is 40.0 Å². The van der Waals surface area contributed by atoms with Crippen molar-refractivity contribution in [2.45, 2.75) is 52.2 Å². The quantitative estimate of drug-likeness (QED) is 0.710. The summed E-state index contributed by atoms with van der Waals surface area (Å²) >= 11 is 0. The van der Waals surface area contributed by atoms with E-state index in [-0.39, 0.29) is 30.4 Å². The smallest absolute Gasteiger partial charge is 0.222 e. The molecule has 0 heterocycles. The highest BCUT2D eigenvalue weighted by molar-refractivity contribution is 5.77. The van der Waals surface area contributed by atoms with Crippen LogP contribution < -0.4 is 5.73 Å². The number of ether oxygens (including phenoxy) is 1. The number of rotatable bonds is 8. The van der Waals surface area contributed by atoms with Gasteiger partial charge in [0.2, 0.25) is 11.8 Å². The number of carbonyl (C=O) groups is 2. The van der Waals surface area contributed by atoms with Gasteiger partial charge in [-0.3, -0.25) is 9.59 Å². The fourth-order valence-electron chi connectivity index (χ4n) is 2.20. The Morgan fingerprint density at radius 1 is 1.33 bits per heavy atom. The van der Waals surface area contributed by atoms with Gasteiger partial charge in [-0.1, -0.05) is 27.2 Å². The number of hydrogen-bond acceptors (Lipinski definition) is 3. The highest BCUT2D eigenvalue weighted by Crippen LogP contribution is 2.21. The predicted molar refractivity (Wildman–Crippen MR) is 70.9 cm³/mol. The standard InChI is InChI=1S/C13H26N2O3/c1-6-9(3)13(15(4)12(17)7-2)10(18-5)8-11(14)16/h9-10,13H,6-8H2,1-5H3,(H2,14,16)/t9?,10?,13-/m0/s1. The Kier molecular flexibility index (Phi) is 7.59. The average Bonchev–Trinajstić information content (AvgIpc) is 2.35. The monoisotopic (exact) mass is 258 g/mol. The van der Waals surface area contributed by atoms with Crippen LogP contribution in [0.4, 0.5) is 0 Å². The van der Waals surface area contributed by atoms with Crippen molar-refractivity contribution in [2.24, 2.45) is 11.7 Å². The lowest BCUT2D eigenvalue weighted by Crippen LogP contribution is -2.50. The van der Waals surface area contributed by atoms with E-state index >= 15 is 0 Å². The second-order valence-electron chi connectivity index (χ2n) is 4.68. The maximum Gasteiger partial charge on any atom is 0.222 e. The van der Waals surface area contributed by atoms with Gasteiger partial charge in [0.15, 0.2) is 0 Å². The molecule has 5 heteroatoms. The lowest BCUT2D eigenvalue weighted by atomic mass is 9.91. The summed E-state index contributed by atoms with van der Waals surface area (Å²) in [5.74, 6) is -0.117. The zero-order valence-electron chi connectivity index (χ0n) is 12.1. The Morgan fingerprint density at radius 3 is 2.22 bits per heavy atom. The van der Waals surface area contributed by atoms with Gasteiger partial charge >= 0.3 is 0 Å². The molecule has 0 aliphatic carbocycles. The summed E-state index contributed by atoms with van der Waals surface area (Å²) in [6.07, 6.45) is 1.13. The van der Waals surface area contributed by atoms with Crippen LogP contribution in [0, 0.1) is 5.92 Å². The van der Waals surface area contributed by atoms with Gasteiger partial charge in [-0.15, -0.1) is 0 Å². The van der Waals surface area contributed by atoms with E-state index in [1.165, 1.54) is 0 Å². The van der Waals surface area contributed by atoms with E-state index in [1.807, 2.05) is 6.92 Å². The van der Waals surface area contributed by atoms with Crippen molar-refractivity contribution in [1.82, 2.24) is 4.90 Å². The van der Waals surface area contributed by atoms with E-state index in [9.17, 15) is 9.59 Å². The molecule has 0 bridgehead atoms. The third-order valence-electron chi connectivity index (χ3n) is 3.46. The number of primary amides is 1. The van der Waals surface area contributed by atoms with Crippen LogP contribution in [0.2, 0.25) is 0 Å². The van der Waals surface area contributed by atoms with E-state index in [2.05, 4.69) is 13.8 Å². The van der Waals surface area contributed by atoms with Crippen molar-refractivity contribution in [3.05, 3.63) is 0 Å². The summed E-state index contributed by atoms with van der Waals surface area (Å²) < 4.78 is 5.37. The molecule has 2 N–H and O–H groups in total. The predicted octanol–water partition coefficient (Wildman–Crippen LogP) is 1.16. The Balaban J connectivity index is 5.05. The number of nitrogens with zero attached hydrogens (tertiary/aromatic N) is 1. The maximum atomic E-state index is 11.8. The van der Waals surface area contributed by atoms with Crippen molar-refractivity contribution in [2.75, 3.05) is 14.2 Å². The lowest BCUT2D eigenvalue weighted by molar-refractivity contribution is -0.138. The van der Waals surface area contributed by atoms with Gasteiger partial charge in [-0.05, 0) is 5.92 Å². The number of likely N-dealkylation sites (N-methyl/N-ethyl adjacent to an activating group) is 1. The van der Waals surface area contributed by atoms with E-state index in [1.54, 1.807) is 19.1 Å². The number of amides is 2. The molecule has 0 saturated heterocycles. The third kappa shape index (κ3) is 4.64. The zero-order valence-corrected chi connectivity index (χ0v) is 12.1. The van der Waals surface area contributed by atoms with Crippen molar-refractivity contribution < 1.29 is 14.3 Å². The van der Waals surface area contributed by atoms with E-state index < -0.39 is 5.91 Å². The van der Waals surface area contributed by atoms with Gasteiger partial charge in [0.25, 0.3) is 0 Å². The average molecular weight is 258 g/mol. The molecule has 2 amide bonds. The topological polar surface area (TPSA) is 72.6 Å². The fourth-order valence-corrected chi connectivity index (χ4v) is 2.20. The fraction of sp³-hybridized carbons (Fsp3) is 0.846. The number of carbonyl (C=O) groups excluding carboxylic acids is 2. The molecule has 0 aromatic rings. The van der Waals surface area contributed by atoms with Gasteiger partial charge in [0.1, 0.15) is 0 Å². The van der Waals surface area contributed by atoms with Crippen LogP contribution >= 0.6 is 0 Å². The minimum Gasteiger partial charge on any atom is -0.379 e. The molecular formula is C13H26N2O3. The zero-order chi connectivity index (χ0) is 14.3. The molecule has 0 spiro atoms. The summed E-state index contributed by atoms with van der Waals surface area (Å²) in [5, 5.41) is 0. The highest BCUT2D eigenvalue weighted by Gasteiger charge is 2.32. The summed E-state index contributed by atoms with van der Waals surface area (Å²) in [6, 6.07) is -0.125. The molecule has 0 aromatic heterocycles. The number of hydrogen-bond donors (Lipinski definition) is 1. The molecule has 106 valence electrons. The molecule has 5 nitrogen and oxygen atoms in total. The molecule has 2 unspecified atom stereocenters. The van der Waals surface area contributed by atoms with Gasteiger partial charge in [-0.2, -0.15) is 0 Å². The Hall–Kier alpha value is -1.10. The van der Waals surface area contributed by atoms with Crippen molar-refractivity contribution in [3.63, 3.8) is 0 Å². The molecule has 18 heavy (non-hydrogen) atoms. The van der Waals surface area contributed by atoms with E-state index in [0.29, 0.717) is 6.42 Å². The van der Waals surface area contributed by atoms with Gasteiger partial charge in [0.05, 0.1) is 18.6 Å². The Morgan fingerprint density at radius 2 is 1.89 bits per heavy atom. The van der Waals surface area contributed by atoms with Crippen molar-refractivity contribution in [3.8, 4) is 0 Å². The Bertz CT molecular complexity index is 281. The first-order chi connectivity index (χ1) is 8.38.